The van der Waals surface area contributed by atoms with E-state index in [1.807, 2.05) is 6.92 Å². The second-order valence-electron chi connectivity index (χ2n) is 3.05. The van der Waals surface area contributed by atoms with Crippen LogP contribution in [0.5, 0.6) is 5.75 Å². The van der Waals surface area contributed by atoms with E-state index in [1.165, 1.54) is 12.1 Å². The number of nitrogens with zero attached hydrogens (tertiary/aromatic N) is 2. The third kappa shape index (κ3) is 2.57. The van der Waals surface area contributed by atoms with Crippen LogP contribution in [0.3, 0.4) is 0 Å². The molecular weight excluding hydrogens is 200 g/mol. The van der Waals surface area contributed by atoms with Gasteiger partial charge in [-0.3, -0.25) is 20.4 Å². The topological polar surface area (TPSA) is 86.8 Å². The van der Waals surface area contributed by atoms with E-state index in [1.54, 1.807) is 0 Å². The normalized spacial score (nSPS) is 10.0. The Kier molecular flexibility index (Phi) is 3.46. The largest absolute Gasteiger partial charge is 0.502 e. The summed E-state index contributed by atoms with van der Waals surface area (Å²) < 4.78 is 0. The summed E-state index contributed by atoms with van der Waals surface area (Å²) in [6.45, 7) is 2.25. The number of anilines is 1. The van der Waals surface area contributed by atoms with E-state index in [9.17, 15) is 20.4 Å². The summed E-state index contributed by atoms with van der Waals surface area (Å²) in [6, 6.07) is 3.73. The highest BCUT2D eigenvalue weighted by Crippen LogP contribution is 2.29. The fraction of sp³-hybridized carbons (Fsp3) is 0.333. The molecule has 0 aliphatic carbocycles. The average Bonchev–Trinajstić information content (AvgIpc) is 2.18. The molecule has 6 nitrogen and oxygen atoms in total. The Morgan fingerprint density at radius 1 is 1.53 bits per heavy atom. The molecule has 0 saturated heterocycles. The minimum atomic E-state index is -0.696. The zero-order chi connectivity index (χ0) is 11.4. The van der Waals surface area contributed by atoms with Crippen LogP contribution in [0.2, 0.25) is 0 Å². The van der Waals surface area contributed by atoms with Crippen molar-refractivity contribution in [2.75, 3.05) is 11.6 Å². The molecular formula is C9H12N2O4. The molecule has 0 radical (unpaired) electrons. The van der Waals surface area contributed by atoms with E-state index in [4.69, 9.17) is 0 Å². The maximum atomic E-state index is 10.5. The highest BCUT2D eigenvalue weighted by atomic mass is 16.6. The molecule has 0 heterocycles. The number of hydrogen-bond acceptors (Lipinski definition) is 5. The monoisotopic (exact) mass is 212 g/mol. The van der Waals surface area contributed by atoms with Crippen molar-refractivity contribution in [3.8, 4) is 5.75 Å². The maximum absolute atomic E-state index is 10.5. The number of phenolic OH excluding ortho intramolecular Hbond substituents is 1. The summed E-state index contributed by atoms with van der Waals surface area (Å²) in [6.07, 6.45) is 0.713. The first kappa shape index (κ1) is 11.3. The fourth-order valence-corrected chi connectivity index (χ4v) is 1.16. The van der Waals surface area contributed by atoms with Crippen LogP contribution in [0.4, 0.5) is 11.4 Å². The predicted octanol–water partition coefficient (Wildman–Crippen LogP) is 1.91. The van der Waals surface area contributed by atoms with Crippen LogP contribution in [-0.4, -0.2) is 21.8 Å². The van der Waals surface area contributed by atoms with Gasteiger partial charge in [-0.05, 0) is 18.6 Å². The van der Waals surface area contributed by atoms with Crippen molar-refractivity contribution < 1.29 is 15.2 Å². The molecule has 0 atom stereocenters. The van der Waals surface area contributed by atoms with E-state index >= 15 is 0 Å². The molecule has 1 rings (SSSR count). The van der Waals surface area contributed by atoms with Gasteiger partial charge in [0.15, 0.2) is 5.75 Å². The second-order valence-corrected chi connectivity index (χ2v) is 3.05. The SMILES string of the molecule is CCCN(O)c1ccc(O)c([N+](=O)[O-])c1. The average molecular weight is 212 g/mol. The number of nitro groups is 1. The number of rotatable bonds is 4. The third-order valence-electron chi connectivity index (χ3n) is 1.89. The first-order valence-corrected chi connectivity index (χ1v) is 4.50. The second kappa shape index (κ2) is 4.61. The molecule has 0 aliphatic rings. The van der Waals surface area contributed by atoms with Crippen molar-refractivity contribution in [2.24, 2.45) is 0 Å². The summed E-state index contributed by atoms with van der Waals surface area (Å²) in [5.41, 5.74) is -0.121. The Balaban J connectivity index is 3.02. The number of phenols is 1. The molecule has 0 fully saturated rings. The van der Waals surface area contributed by atoms with Crippen molar-refractivity contribution in [2.45, 2.75) is 13.3 Å². The quantitative estimate of drug-likeness (QED) is 0.588. The third-order valence-corrected chi connectivity index (χ3v) is 1.89. The highest BCUT2D eigenvalue weighted by Gasteiger charge is 2.15. The number of hydroxylamine groups is 1. The molecule has 0 amide bonds. The van der Waals surface area contributed by atoms with Gasteiger partial charge in [0.05, 0.1) is 10.6 Å². The van der Waals surface area contributed by atoms with E-state index in [-0.39, 0.29) is 0 Å². The molecule has 0 aliphatic heterocycles. The standard InChI is InChI=1S/C9H12N2O4/c1-2-5-10(13)7-3-4-9(12)8(6-7)11(14)15/h3-4,6,12-13H,2,5H2,1H3. The lowest BCUT2D eigenvalue weighted by Crippen LogP contribution is -2.18. The van der Waals surface area contributed by atoms with E-state index in [2.05, 4.69) is 0 Å². The molecule has 0 unspecified atom stereocenters. The van der Waals surface area contributed by atoms with E-state index in [0.29, 0.717) is 18.7 Å². The Labute approximate surface area is 86.5 Å². The zero-order valence-corrected chi connectivity index (χ0v) is 8.25. The Morgan fingerprint density at radius 2 is 2.20 bits per heavy atom. The van der Waals surface area contributed by atoms with Crippen LogP contribution >= 0.6 is 0 Å². The van der Waals surface area contributed by atoms with Gasteiger partial charge in [0.25, 0.3) is 0 Å². The Bertz CT molecular complexity index is 367. The zero-order valence-electron chi connectivity index (χ0n) is 8.25. The minimum Gasteiger partial charge on any atom is -0.502 e. The van der Waals surface area contributed by atoms with E-state index in [0.717, 1.165) is 11.1 Å². The minimum absolute atomic E-state index is 0.293. The van der Waals surface area contributed by atoms with Crippen LogP contribution in [0.1, 0.15) is 13.3 Å². The molecule has 0 spiro atoms. The number of aromatic hydroxyl groups is 1. The molecule has 2 N–H and O–H groups in total. The van der Waals surface area contributed by atoms with Crippen molar-refractivity contribution in [3.05, 3.63) is 28.3 Å². The molecule has 15 heavy (non-hydrogen) atoms. The number of hydrogen-bond donors (Lipinski definition) is 2. The van der Waals surface area contributed by atoms with Crippen LogP contribution < -0.4 is 5.06 Å². The summed E-state index contributed by atoms with van der Waals surface area (Å²) >= 11 is 0. The van der Waals surface area contributed by atoms with Crippen molar-refractivity contribution in [1.29, 1.82) is 0 Å². The Morgan fingerprint density at radius 3 is 2.73 bits per heavy atom. The number of benzene rings is 1. The summed E-state index contributed by atoms with van der Waals surface area (Å²) in [5.74, 6) is -0.409. The van der Waals surface area contributed by atoms with Crippen molar-refractivity contribution in [1.82, 2.24) is 0 Å². The van der Waals surface area contributed by atoms with Crippen LogP contribution in [0, 0.1) is 10.1 Å². The smallest absolute Gasteiger partial charge is 0.312 e. The summed E-state index contributed by atoms with van der Waals surface area (Å²) in [4.78, 5) is 9.80. The van der Waals surface area contributed by atoms with Gasteiger partial charge in [0.2, 0.25) is 0 Å². The van der Waals surface area contributed by atoms with E-state index < -0.39 is 16.4 Å². The summed E-state index contributed by atoms with van der Waals surface area (Å²) in [5, 5.41) is 30.0. The van der Waals surface area contributed by atoms with Gasteiger partial charge in [-0.25, -0.2) is 0 Å². The summed E-state index contributed by atoms with van der Waals surface area (Å²) in [7, 11) is 0. The van der Waals surface area contributed by atoms with Gasteiger partial charge in [-0.15, -0.1) is 0 Å². The molecule has 0 saturated carbocycles. The Hall–Kier alpha value is -1.82. The molecule has 6 heteroatoms. The lowest BCUT2D eigenvalue weighted by atomic mass is 10.2. The van der Waals surface area contributed by atoms with Crippen LogP contribution in [0.25, 0.3) is 0 Å². The lowest BCUT2D eigenvalue weighted by Gasteiger charge is -2.15. The van der Waals surface area contributed by atoms with Gasteiger partial charge < -0.3 is 5.11 Å². The van der Waals surface area contributed by atoms with Crippen molar-refractivity contribution >= 4 is 11.4 Å². The predicted molar refractivity (Wildman–Crippen MR) is 54.2 cm³/mol. The van der Waals surface area contributed by atoms with Gasteiger partial charge >= 0.3 is 5.69 Å². The lowest BCUT2D eigenvalue weighted by molar-refractivity contribution is -0.385. The first-order chi connectivity index (χ1) is 7.06. The van der Waals surface area contributed by atoms with Crippen molar-refractivity contribution in [3.63, 3.8) is 0 Å². The fourth-order valence-electron chi connectivity index (χ4n) is 1.16. The molecule has 1 aromatic rings. The van der Waals surface area contributed by atoms with Gasteiger partial charge in [0.1, 0.15) is 0 Å². The maximum Gasteiger partial charge on any atom is 0.312 e. The van der Waals surface area contributed by atoms with Crippen LogP contribution in [0.15, 0.2) is 18.2 Å². The molecule has 0 aromatic heterocycles. The number of nitro benzene ring substituents is 1. The molecule has 0 bridgehead atoms. The van der Waals surface area contributed by atoms with Crippen LogP contribution in [-0.2, 0) is 0 Å². The van der Waals surface area contributed by atoms with Gasteiger partial charge in [-0.1, -0.05) is 6.92 Å². The van der Waals surface area contributed by atoms with Gasteiger partial charge in [0, 0.05) is 12.6 Å². The first-order valence-electron chi connectivity index (χ1n) is 4.50. The molecule has 1 aromatic carbocycles. The van der Waals surface area contributed by atoms with Gasteiger partial charge in [-0.2, -0.15) is 0 Å². The highest BCUT2D eigenvalue weighted by molar-refractivity contribution is 5.58. The molecule has 82 valence electrons.